The summed E-state index contributed by atoms with van der Waals surface area (Å²) in [6.07, 6.45) is 2.81. The van der Waals surface area contributed by atoms with Crippen LogP contribution in [-0.2, 0) is 4.79 Å². The summed E-state index contributed by atoms with van der Waals surface area (Å²) in [6, 6.07) is 4.99. The predicted octanol–water partition coefficient (Wildman–Crippen LogP) is 3.21. The summed E-state index contributed by atoms with van der Waals surface area (Å²) in [5.74, 6) is -0.285. The van der Waals surface area contributed by atoms with Crippen LogP contribution in [0.25, 0.3) is 0 Å². The Morgan fingerprint density at radius 2 is 2.27 bits per heavy atom. The van der Waals surface area contributed by atoms with Crippen LogP contribution in [-0.4, -0.2) is 37.0 Å². The van der Waals surface area contributed by atoms with E-state index in [4.69, 9.17) is 11.6 Å². The van der Waals surface area contributed by atoms with Gasteiger partial charge in [-0.15, -0.1) is 12.4 Å². The summed E-state index contributed by atoms with van der Waals surface area (Å²) in [7, 11) is 1.90. The summed E-state index contributed by atoms with van der Waals surface area (Å²) in [4.78, 5) is 14.6. The molecule has 3 unspecified atom stereocenters. The minimum atomic E-state index is -0.295. The number of amides is 1. The molecule has 1 saturated heterocycles. The molecule has 1 amide bonds. The summed E-state index contributed by atoms with van der Waals surface area (Å²) < 4.78 is 13.9. The second kappa shape index (κ2) is 7.16. The molecule has 3 rings (SSSR count). The Bertz CT molecular complexity index is 535. The van der Waals surface area contributed by atoms with Gasteiger partial charge < -0.3 is 10.2 Å². The van der Waals surface area contributed by atoms with E-state index in [0.717, 1.165) is 25.9 Å². The van der Waals surface area contributed by atoms with Gasteiger partial charge in [0.2, 0.25) is 5.91 Å². The number of hydrogen-bond donors (Lipinski definition) is 1. The van der Waals surface area contributed by atoms with Crippen LogP contribution < -0.4 is 5.32 Å². The molecule has 1 aliphatic carbocycles. The predicted molar refractivity (Wildman–Crippen MR) is 88.2 cm³/mol. The monoisotopic (exact) mass is 346 g/mol. The van der Waals surface area contributed by atoms with Crippen LogP contribution in [0, 0.1) is 11.7 Å². The lowest BCUT2D eigenvalue weighted by molar-refractivity contribution is -0.133. The molecule has 1 aromatic carbocycles. The fourth-order valence-corrected chi connectivity index (χ4v) is 3.74. The third-order valence-corrected chi connectivity index (χ3v) is 4.91. The second-order valence-corrected chi connectivity index (χ2v) is 6.38. The lowest BCUT2D eigenvalue weighted by atomic mass is 10.1. The van der Waals surface area contributed by atoms with Crippen molar-refractivity contribution in [3.8, 4) is 0 Å². The van der Waals surface area contributed by atoms with Gasteiger partial charge in [-0.2, -0.15) is 0 Å². The number of likely N-dealkylation sites (tertiary alicyclic amines) is 1. The van der Waals surface area contributed by atoms with Crippen molar-refractivity contribution in [2.75, 3.05) is 20.1 Å². The van der Waals surface area contributed by atoms with Crippen LogP contribution in [0.1, 0.15) is 30.7 Å². The minimum absolute atomic E-state index is 0. The van der Waals surface area contributed by atoms with E-state index in [1.165, 1.54) is 6.07 Å². The van der Waals surface area contributed by atoms with Crippen molar-refractivity contribution < 1.29 is 9.18 Å². The average Bonchev–Trinajstić information content (AvgIpc) is 3.09. The van der Waals surface area contributed by atoms with Gasteiger partial charge in [0.15, 0.2) is 0 Å². The Kier molecular flexibility index (Phi) is 5.70. The SMILES string of the molecule is CNCC1CCCN1C(=O)C1CC1c1c(F)cccc1Cl.Cl. The molecule has 3 nitrogen and oxygen atoms in total. The highest BCUT2D eigenvalue weighted by atomic mass is 35.5. The number of rotatable bonds is 4. The fraction of sp³-hybridized carbons (Fsp3) is 0.562. The van der Waals surface area contributed by atoms with E-state index in [-0.39, 0.29) is 42.0 Å². The summed E-state index contributed by atoms with van der Waals surface area (Å²) >= 11 is 6.10. The van der Waals surface area contributed by atoms with Crippen molar-refractivity contribution in [1.29, 1.82) is 0 Å². The number of hydrogen-bond acceptors (Lipinski definition) is 2. The topological polar surface area (TPSA) is 32.3 Å². The molecule has 0 bridgehead atoms. The van der Waals surface area contributed by atoms with Gasteiger partial charge in [0, 0.05) is 41.6 Å². The molecule has 2 aliphatic rings. The lowest BCUT2D eigenvalue weighted by Gasteiger charge is -2.24. The quantitative estimate of drug-likeness (QED) is 0.907. The van der Waals surface area contributed by atoms with Gasteiger partial charge in [0.1, 0.15) is 5.82 Å². The van der Waals surface area contributed by atoms with Gasteiger partial charge in [0.25, 0.3) is 0 Å². The van der Waals surface area contributed by atoms with E-state index in [1.54, 1.807) is 12.1 Å². The van der Waals surface area contributed by atoms with Gasteiger partial charge in [-0.1, -0.05) is 17.7 Å². The molecule has 3 atom stereocenters. The highest BCUT2D eigenvalue weighted by Crippen LogP contribution is 2.51. The van der Waals surface area contributed by atoms with Crippen molar-refractivity contribution in [3.05, 3.63) is 34.6 Å². The minimum Gasteiger partial charge on any atom is -0.338 e. The maximum absolute atomic E-state index is 13.9. The number of carbonyl (C=O) groups excluding carboxylic acids is 1. The van der Waals surface area contributed by atoms with Crippen LogP contribution in [0.2, 0.25) is 5.02 Å². The molecule has 22 heavy (non-hydrogen) atoms. The number of benzene rings is 1. The largest absolute Gasteiger partial charge is 0.338 e. The Labute approximate surface area is 141 Å². The summed E-state index contributed by atoms with van der Waals surface area (Å²) in [6.45, 7) is 1.64. The zero-order chi connectivity index (χ0) is 15.0. The summed E-state index contributed by atoms with van der Waals surface area (Å²) in [5, 5.41) is 3.57. The Balaban J connectivity index is 0.00000176. The maximum atomic E-state index is 13.9. The summed E-state index contributed by atoms with van der Waals surface area (Å²) in [5.41, 5.74) is 0.516. The van der Waals surface area contributed by atoms with Crippen LogP contribution in [0.15, 0.2) is 18.2 Å². The fourth-order valence-electron chi connectivity index (χ4n) is 3.44. The van der Waals surface area contributed by atoms with Gasteiger partial charge in [-0.25, -0.2) is 4.39 Å². The molecule has 0 aromatic heterocycles. The van der Waals surface area contributed by atoms with Crippen molar-refractivity contribution in [2.45, 2.75) is 31.2 Å². The van der Waals surface area contributed by atoms with Crippen molar-refractivity contribution in [3.63, 3.8) is 0 Å². The average molecular weight is 347 g/mol. The Morgan fingerprint density at radius 1 is 1.50 bits per heavy atom. The van der Waals surface area contributed by atoms with E-state index in [0.29, 0.717) is 17.0 Å². The van der Waals surface area contributed by atoms with Crippen LogP contribution >= 0.6 is 24.0 Å². The molecule has 1 aliphatic heterocycles. The van der Waals surface area contributed by atoms with Crippen molar-refractivity contribution in [1.82, 2.24) is 10.2 Å². The smallest absolute Gasteiger partial charge is 0.226 e. The zero-order valence-corrected chi connectivity index (χ0v) is 14.1. The number of nitrogens with zero attached hydrogens (tertiary/aromatic N) is 1. The Hall–Kier alpha value is -0.840. The van der Waals surface area contributed by atoms with Gasteiger partial charge in [0.05, 0.1) is 0 Å². The first-order valence-corrected chi connectivity index (χ1v) is 7.90. The first-order valence-electron chi connectivity index (χ1n) is 7.52. The molecule has 1 heterocycles. The van der Waals surface area contributed by atoms with E-state index >= 15 is 0 Å². The molecule has 1 N–H and O–H groups in total. The van der Waals surface area contributed by atoms with E-state index in [2.05, 4.69) is 5.32 Å². The first kappa shape index (κ1) is 17.5. The van der Waals surface area contributed by atoms with Crippen LogP contribution in [0.5, 0.6) is 0 Å². The van der Waals surface area contributed by atoms with Crippen LogP contribution in [0.4, 0.5) is 4.39 Å². The van der Waals surface area contributed by atoms with Crippen molar-refractivity contribution >= 4 is 29.9 Å². The maximum Gasteiger partial charge on any atom is 0.226 e. The van der Waals surface area contributed by atoms with Gasteiger partial charge in [-0.3, -0.25) is 4.79 Å². The van der Waals surface area contributed by atoms with E-state index in [9.17, 15) is 9.18 Å². The molecule has 122 valence electrons. The van der Waals surface area contributed by atoms with Gasteiger partial charge in [-0.05, 0) is 38.4 Å². The lowest BCUT2D eigenvalue weighted by Crippen LogP contribution is -2.41. The molecular weight excluding hydrogens is 326 g/mol. The third kappa shape index (κ3) is 3.24. The Morgan fingerprint density at radius 3 is 2.95 bits per heavy atom. The third-order valence-electron chi connectivity index (χ3n) is 4.58. The first-order chi connectivity index (χ1) is 10.1. The van der Waals surface area contributed by atoms with Gasteiger partial charge >= 0.3 is 0 Å². The number of likely N-dealkylation sites (N-methyl/N-ethyl adjacent to an activating group) is 1. The van der Waals surface area contributed by atoms with E-state index < -0.39 is 0 Å². The van der Waals surface area contributed by atoms with E-state index in [1.807, 2.05) is 11.9 Å². The highest BCUT2D eigenvalue weighted by molar-refractivity contribution is 6.31. The molecule has 0 radical (unpaired) electrons. The normalized spacial score (nSPS) is 26.7. The number of nitrogens with one attached hydrogen (secondary N) is 1. The molecule has 1 aromatic rings. The van der Waals surface area contributed by atoms with Crippen LogP contribution in [0.3, 0.4) is 0 Å². The molecule has 2 fully saturated rings. The number of carbonyl (C=O) groups is 1. The molecule has 0 spiro atoms. The molecule has 6 heteroatoms. The zero-order valence-electron chi connectivity index (χ0n) is 12.5. The van der Waals surface area contributed by atoms with Crippen molar-refractivity contribution in [2.24, 2.45) is 5.92 Å². The highest BCUT2D eigenvalue weighted by Gasteiger charge is 2.49. The molecule has 1 saturated carbocycles. The molecular formula is C16H21Cl2FN2O. The standard InChI is InChI=1S/C16H20ClFN2O.ClH/c1-19-9-10-4-3-7-20(10)16(21)12-8-11(12)15-13(17)5-2-6-14(15)18;/h2,5-6,10-12,19H,3-4,7-9H2,1H3;1H. The second-order valence-electron chi connectivity index (χ2n) is 5.97. The number of halogens is 3.